The standard InChI is InChI=1S/C24H29N3OS/c1-4-5-6-7-8-13-23(28)27(24-26-21-11-9-10-12-22(21)29-24)25-17-20-16-18(2)14-15-19(20)3/h9-12,14-17H,4-8,13H2,1-3H3/b25-17+. The minimum Gasteiger partial charge on any atom is -0.272 e. The Hall–Kier alpha value is -2.53. The fourth-order valence-corrected chi connectivity index (χ4v) is 4.12. The molecule has 0 bridgehead atoms. The van der Waals surface area contributed by atoms with Gasteiger partial charge in [-0.3, -0.25) is 4.79 Å². The summed E-state index contributed by atoms with van der Waals surface area (Å²) >= 11 is 1.50. The maximum absolute atomic E-state index is 13.0. The monoisotopic (exact) mass is 407 g/mol. The fraction of sp³-hybridized carbons (Fsp3) is 0.375. The van der Waals surface area contributed by atoms with Gasteiger partial charge >= 0.3 is 0 Å². The van der Waals surface area contributed by atoms with Crippen molar-refractivity contribution in [2.75, 3.05) is 5.01 Å². The first-order valence-corrected chi connectivity index (χ1v) is 11.2. The topological polar surface area (TPSA) is 45.6 Å². The van der Waals surface area contributed by atoms with E-state index in [0.29, 0.717) is 11.6 Å². The number of para-hydroxylation sites is 1. The molecule has 0 saturated heterocycles. The molecule has 152 valence electrons. The van der Waals surface area contributed by atoms with Crippen LogP contribution in [0.1, 0.15) is 62.1 Å². The summed E-state index contributed by atoms with van der Waals surface area (Å²) in [5.74, 6) is 0.00195. The van der Waals surface area contributed by atoms with Gasteiger partial charge in [-0.05, 0) is 43.5 Å². The molecule has 5 heteroatoms. The van der Waals surface area contributed by atoms with Crippen LogP contribution in [0.4, 0.5) is 5.13 Å². The lowest BCUT2D eigenvalue weighted by atomic mass is 10.1. The summed E-state index contributed by atoms with van der Waals surface area (Å²) in [5.41, 5.74) is 4.23. The third-order valence-electron chi connectivity index (χ3n) is 4.94. The number of rotatable bonds is 9. The van der Waals surface area contributed by atoms with Crippen molar-refractivity contribution < 1.29 is 4.79 Å². The second kappa shape index (κ2) is 10.3. The number of aromatic nitrogens is 1. The molecular formula is C24H29N3OS. The average Bonchev–Trinajstić information content (AvgIpc) is 3.14. The molecular weight excluding hydrogens is 378 g/mol. The zero-order valence-electron chi connectivity index (χ0n) is 17.5. The quantitative estimate of drug-likeness (QED) is 0.227. The van der Waals surface area contributed by atoms with E-state index in [4.69, 9.17) is 0 Å². The van der Waals surface area contributed by atoms with Crippen LogP contribution in [-0.4, -0.2) is 17.1 Å². The highest BCUT2D eigenvalue weighted by Gasteiger charge is 2.19. The third kappa shape index (κ3) is 5.73. The van der Waals surface area contributed by atoms with E-state index in [-0.39, 0.29) is 5.91 Å². The summed E-state index contributed by atoms with van der Waals surface area (Å²) in [5, 5.41) is 6.71. The lowest BCUT2D eigenvalue weighted by Gasteiger charge is -2.14. The van der Waals surface area contributed by atoms with Crippen molar-refractivity contribution in [3.63, 3.8) is 0 Å². The van der Waals surface area contributed by atoms with Gasteiger partial charge in [-0.15, -0.1) is 0 Å². The van der Waals surface area contributed by atoms with E-state index in [9.17, 15) is 4.79 Å². The molecule has 0 fully saturated rings. The van der Waals surface area contributed by atoms with E-state index in [1.807, 2.05) is 24.3 Å². The number of hydrogen-bond acceptors (Lipinski definition) is 4. The smallest absolute Gasteiger partial charge is 0.249 e. The minimum absolute atomic E-state index is 0.00195. The maximum Gasteiger partial charge on any atom is 0.249 e. The Morgan fingerprint density at radius 2 is 1.90 bits per heavy atom. The number of unbranched alkanes of at least 4 members (excludes halogenated alkanes) is 4. The van der Waals surface area contributed by atoms with Gasteiger partial charge in [0.1, 0.15) is 0 Å². The first kappa shape index (κ1) is 21.2. The Bertz CT molecular complexity index is 960. The van der Waals surface area contributed by atoms with Crippen molar-refractivity contribution in [1.82, 2.24) is 4.98 Å². The van der Waals surface area contributed by atoms with Crippen LogP contribution in [0.3, 0.4) is 0 Å². The SMILES string of the molecule is CCCCCCCC(=O)N(/N=C/c1cc(C)ccc1C)c1nc2ccccc2s1. The van der Waals surface area contributed by atoms with Gasteiger partial charge in [0, 0.05) is 6.42 Å². The van der Waals surface area contributed by atoms with Crippen molar-refractivity contribution in [2.24, 2.45) is 5.10 Å². The number of fused-ring (bicyclic) bond motifs is 1. The summed E-state index contributed by atoms with van der Waals surface area (Å²) in [6.07, 6.45) is 7.84. The van der Waals surface area contributed by atoms with E-state index < -0.39 is 0 Å². The molecule has 0 saturated carbocycles. The van der Waals surface area contributed by atoms with Gasteiger partial charge in [0.05, 0.1) is 16.4 Å². The van der Waals surface area contributed by atoms with Crippen LogP contribution in [0.25, 0.3) is 10.2 Å². The van der Waals surface area contributed by atoms with Gasteiger partial charge in [0.2, 0.25) is 11.0 Å². The van der Waals surface area contributed by atoms with Gasteiger partial charge in [-0.25, -0.2) is 4.98 Å². The molecule has 0 radical (unpaired) electrons. The summed E-state index contributed by atoms with van der Waals surface area (Å²) in [6.45, 7) is 6.31. The van der Waals surface area contributed by atoms with Crippen LogP contribution >= 0.6 is 11.3 Å². The highest BCUT2D eigenvalue weighted by Crippen LogP contribution is 2.29. The molecule has 0 aliphatic rings. The minimum atomic E-state index is 0.00195. The number of hydrazone groups is 1. The van der Waals surface area contributed by atoms with Gasteiger partial charge < -0.3 is 0 Å². The second-order valence-electron chi connectivity index (χ2n) is 7.44. The predicted octanol–water partition coefficient (Wildman–Crippen LogP) is 6.64. The normalized spacial score (nSPS) is 11.4. The Balaban J connectivity index is 1.83. The lowest BCUT2D eigenvalue weighted by Crippen LogP contribution is -2.25. The predicted molar refractivity (Wildman–Crippen MR) is 124 cm³/mol. The van der Waals surface area contributed by atoms with Crippen LogP contribution in [0.5, 0.6) is 0 Å². The first-order chi connectivity index (χ1) is 14.1. The van der Waals surface area contributed by atoms with Gasteiger partial charge in [-0.1, -0.05) is 79.8 Å². The lowest BCUT2D eigenvalue weighted by molar-refractivity contribution is -0.118. The summed E-state index contributed by atoms with van der Waals surface area (Å²) in [4.78, 5) is 17.7. The van der Waals surface area contributed by atoms with Gasteiger partial charge in [-0.2, -0.15) is 10.1 Å². The van der Waals surface area contributed by atoms with Crippen molar-refractivity contribution in [3.05, 3.63) is 59.2 Å². The van der Waals surface area contributed by atoms with E-state index in [1.165, 1.54) is 41.2 Å². The molecule has 0 unspecified atom stereocenters. The molecule has 1 heterocycles. The van der Waals surface area contributed by atoms with Crippen molar-refractivity contribution in [2.45, 2.75) is 59.3 Å². The van der Waals surface area contributed by atoms with Crippen LogP contribution in [0.15, 0.2) is 47.6 Å². The van der Waals surface area contributed by atoms with Crippen molar-refractivity contribution in [1.29, 1.82) is 0 Å². The summed E-state index contributed by atoms with van der Waals surface area (Å²) < 4.78 is 1.06. The molecule has 1 aromatic heterocycles. The molecule has 0 aliphatic carbocycles. The molecule has 3 aromatic rings. The number of carbonyl (C=O) groups is 1. The van der Waals surface area contributed by atoms with Gasteiger partial charge in [0.25, 0.3) is 0 Å². The number of carbonyl (C=O) groups excluding carboxylic acids is 1. The number of amides is 1. The molecule has 3 rings (SSSR count). The number of hydrogen-bond donors (Lipinski definition) is 0. The third-order valence-corrected chi connectivity index (χ3v) is 5.95. The number of anilines is 1. The van der Waals surface area contributed by atoms with Crippen molar-refractivity contribution in [3.8, 4) is 0 Å². The molecule has 0 aliphatic heterocycles. The van der Waals surface area contributed by atoms with Gasteiger partial charge in [0.15, 0.2) is 0 Å². The van der Waals surface area contributed by atoms with E-state index >= 15 is 0 Å². The first-order valence-electron chi connectivity index (χ1n) is 10.4. The number of thiazole rings is 1. The number of nitrogens with zero attached hydrogens (tertiary/aromatic N) is 3. The zero-order valence-corrected chi connectivity index (χ0v) is 18.3. The van der Waals surface area contributed by atoms with Crippen LogP contribution in [0.2, 0.25) is 0 Å². The Kier molecular flexibility index (Phi) is 7.53. The molecule has 0 atom stereocenters. The summed E-state index contributed by atoms with van der Waals surface area (Å²) in [7, 11) is 0. The molecule has 29 heavy (non-hydrogen) atoms. The molecule has 0 N–H and O–H groups in total. The molecule has 4 nitrogen and oxygen atoms in total. The zero-order chi connectivity index (χ0) is 20.6. The Morgan fingerprint density at radius 3 is 2.69 bits per heavy atom. The molecule has 0 spiro atoms. The summed E-state index contributed by atoms with van der Waals surface area (Å²) in [6, 6.07) is 14.2. The molecule has 2 aromatic carbocycles. The van der Waals surface area contributed by atoms with E-state index in [2.05, 4.69) is 49.1 Å². The highest BCUT2D eigenvalue weighted by molar-refractivity contribution is 7.22. The average molecular weight is 408 g/mol. The van der Waals surface area contributed by atoms with E-state index in [0.717, 1.165) is 34.2 Å². The van der Waals surface area contributed by atoms with Crippen LogP contribution in [0, 0.1) is 13.8 Å². The number of aryl methyl sites for hydroxylation is 2. The largest absolute Gasteiger partial charge is 0.272 e. The Morgan fingerprint density at radius 1 is 1.10 bits per heavy atom. The van der Waals surface area contributed by atoms with Crippen LogP contribution in [-0.2, 0) is 4.79 Å². The highest BCUT2D eigenvalue weighted by atomic mass is 32.1. The maximum atomic E-state index is 13.0. The Labute approximate surface area is 177 Å². The van der Waals surface area contributed by atoms with Crippen molar-refractivity contribution >= 4 is 38.8 Å². The molecule has 1 amide bonds. The number of benzene rings is 2. The fourth-order valence-electron chi connectivity index (χ4n) is 3.18. The van der Waals surface area contributed by atoms with Crippen LogP contribution < -0.4 is 5.01 Å². The van der Waals surface area contributed by atoms with E-state index in [1.54, 1.807) is 6.21 Å². The second-order valence-corrected chi connectivity index (χ2v) is 8.45.